The van der Waals surface area contributed by atoms with E-state index in [2.05, 4.69) is 12.9 Å². The molecular formula is C14H25NO7S. The van der Waals surface area contributed by atoms with Crippen molar-refractivity contribution >= 4 is 12.9 Å². The predicted octanol–water partition coefficient (Wildman–Crippen LogP) is -0.509. The lowest BCUT2D eigenvalue weighted by molar-refractivity contribution is -0.301. The summed E-state index contributed by atoms with van der Waals surface area (Å²) in [5, 5.41) is 20.6. The van der Waals surface area contributed by atoms with Gasteiger partial charge in [0.1, 0.15) is 18.3 Å². The van der Waals surface area contributed by atoms with E-state index in [-0.39, 0.29) is 30.8 Å². The van der Waals surface area contributed by atoms with Gasteiger partial charge >= 0.3 is 0 Å². The lowest BCUT2D eigenvalue weighted by atomic mass is 9.95. The molecule has 3 aliphatic rings. The minimum Gasteiger partial charge on any atom is -0.386 e. The van der Waals surface area contributed by atoms with Crippen molar-refractivity contribution in [1.29, 1.82) is 0 Å². The van der Waals surface area contributed by atoms with Crippen LogP contribution in [0.25, 0.3) is 0 Å². The van der Waals surface area contributed by atoms with E-state index in [1.54, 1.807) is 0 Å². The molecule has 3 aliphatic heterocycles. The maximum atomic E-state index is 10.4. The van der Waals surface area contributed by atoms with Crippen LogP contribution in [-0.4, -0.2) is 84.1 Å². The second-order valence-electron chi connectivity index (χ2n) is 6.72. The van der Waals surface area contributed by atoms with Gasteiger partial charge in [0.05, 0.1) is 24.7 Å². The van der Waals surface area contributed by atoms with Crippen LogP contribution in [0.4, 0.5) is 0 Å². The van der Waals surface area contributed by atoms with Crippen molar-refractivity contribution < 1.29 is 33.3 Å². The number of fused-ring (bicyclic) bond motifs is 1. The number of aliphatic hydroxyl groups excluding tert-OH is 1. The summed E-state index contributed by atoms with van der Waals surface area (Å²) in [6.07, 6.45) is -3.54. The molecule has 134 valence electrons. The van der Waals surface area contributed by atoms with E-state index in [1.165, 1.54) is 0 Å². The van der Waals surface area contributed by atoms with E-state index in [4.69, 9.17) is 23.1 Å². The SMILES string of the molecule is CC1OC(OS)C(O)C(N(C)C)C1OC1CC2(O)OC2C(C)O1. The van der Waals surface area contributed by atoms with Gasteiger partial charge in [-0.3, -0.25) is 4.18 Å². The molecule has 3 fully saturated rings. The second kappa shape index (κ2) is 6.40. The van der Waals surface area contributed by atoms with E-state index in [0.29, 0.717) is 0 Å². The molecule has 0 spiro atoms. The first-order chi connectivity index (χ1) is 10.8. The number of ether oxygens (including phenoxy) is 4. The Bertz CT molecular complexity index is 441. The summed E-state index contributed by atoms with van der Waals surface area (Å²) in [4.78, 5) is 1.85. The molecule has 0 aromatic heterocycles. The van der Waals surface area contributed by atoms with E-state index in [9.17, 15) is 10.2 Å². The lowest BCUT2D eigenvalue weighted by Gasteiger charge is -2.46. The second-order valence-corrected chi connectivity index (χ2v) is 6.93. The highest BCUT2D eigenvalue weighted by Crippen LogP contribution is 2.46. The number of rotatable bonds is 4. The van der Waals surface area contributed by atoms with Gasteiger partial charge in [-0.25, -0.2) is 0 Å². The first-order valence-corrected chi connectivity index (χ1v) is 8.14. The normalized spacial score (nSPS) is 53.2. The summed E-state index contributed by atoms with van der Waals surface area (Å²) in [6, 6.07) is -0.373. The summed E-state index contributed by atoms with van der Waals surface area (Å²) in [6.45, 7) is 3.67. The molecular weight excluding hydrogens is 326 g/mol. The van der Waals surface area contributed by atoms with Crippen LogP contribution in [0.5, 0.6) is 0 Å². The average Bonchev–Trinajstić information content (AvgIpc) is 3.14. The van der Waals surface area contributed by atoms with Crippen LogP contribution in [0.1, 0.15) is 20.3 Å². The first-order valence-electron chi connectivity index (χ1n) is 7.78. The fourth-order valence-corrected chi connectivity index (χ4v) is 3.72. The number of likely N-dealkylation sites (N-methyl/N-ethyl adjacent to an activating group) is 1. The van der Waals surface area contributed by atoms with Crippen LogP contribution in [0.15, 0.2) is 0 Å². The zero-order chi connectivity index (χ0) is 16.9. The lowest BCUT2D eigenvalue weighted by Crippen LogP contribution is -2.63. The predicted molar refractivity (Wildman–Crippen MR) is 81.5 cm³/mol. The van der Waals surface area contributed by atoms with Gasteiger partial charge in [-0.05, 0) is 40.9 Å². The zero-order valence-corrected chi connectivity index (χ0v) is 14.6. The molecule has 0 bridgehead atoms. The maximum absolute atomic E-state index is 10.4. The summed E-state index contributed by atoms with van der Waals surface area (Å²) in [7, 11) is 3.69. The Labute approximate surface area is 141 Å². The topological polar surface area (TPSA) is 93.2 Å². The van der Waals surface area contributed by atoms with Gasteiger partial charge in [-0.1, -0.05) is 0 Å². The molecule has 3 saturated heterocycles. The molecule has 0 aliphatic carbocycles. The molecule has 9 heteroatoms. The molecule has 3 heterocycles. The third-order valence-electron chi connectivity index (χ3n) is 4.76. The Morgan fingerprint density at radius 3 is 2.48 bits per heavy atom. The maximum Gasteiger partial charge on any atom is 0.200 e. The average molecular weight is 351 g/mol. The van der Waals surface area contributed by atoms with E-state index >= 15 is 0 Å². The van der Waals surface area contributed by atoms with E-state index < -0.39 is 30.6 Å². The Morgan fingerprint density at radius 1 is 1.22 bits per heavy atom. The quantitative estimate of drug-likeness (QED) is 0.354. The number of epoxide rings is 1. The fourth-order valence-electron chi connectivity index (χ4n) is 3.55. The van der Waals surface area contributed by atoms with Gasteiger partial charge in [-0.15, -0.1) is 0 Å². The van der Waals surface area contributed by atoms with Gasteiger partial charge in [0, 0.05) is 0 Å². The van der Waals surface area contributed by atoms with Gasteiger partial charge < -0.3 is 34.1 Å². The number of aliphatic hydroxyl groups is 2. The smallest absolute Gasteiger partial charge is 0.200 e. The molecule has 0 amide bonds. The molecule has 0 saturated carbocycles. The number of nitrogens with zero attached hydrogens (tertiary/aromatic N) is 1. The molecule has 8 nitrogen and oxygen atoms in total. The highest BCUT2D eigenvalue weighted by atomic mass is 32.1. The zero-order valence-electron chi connectivity index (χ0n) is 13.7. The van der Waals surface area contributed by atoms with Gasteiger partial charge in [-0.2, -0.15) is 0 Å². The Kier molecular flexibility index (Phi) is 4.96. The minimum absolute atomic E-state index is 0.230. The third kappa shape index (κ3) is 3.26. The number of hydrogen-bond donors (Lipinski definition) is 3. The van der Waals surface area contributed by atoms with Crippen molar-refractivity contribution in [1.82, 2.24) is 4.90 Å². The Morgan fingerprint density at radius 2 is 1.91 bits per heavy atom. The minimum atomic E-state index is -1.16. The van der Waals surface area contributed by atoms with Crippen molar-refractivity contribution in [2.75, 3.05) is 14.1 Å². The van der Waals surface area contributed by atoms with Crippen LogP contribution in [0.2, 0.25) is 0 Å². The summed E-state index contributed by atoms with van der Waals surface area (Å²) < 4.78 is 27.6. The number of thiol groups is 1. The van der Waals surface area contributed by atoms with Crippen molar-refractivity contribution in [3.8, 4) is 0 Å². The third-order valence-corrected chi connectivity index (χ3v) is 4.96. The molecule has 3 rings (SSSR count). The van der Waals surface area contributed by atoms with Crippen LogP contribution in [-0.2, 0) is 23.1 Å². The highest BCUT2D eigenvalue weighted by Gasteiger charge is 2.64. The van der Waals surface area contributed by atoms with E-state index in [0.717, 1.165) is 0 Å². The molecule has 0 radical (unpaired) electrons. The van der Waals surface area contributed by atoms with Crippen molar-refractivity contribution in [2.45, 2.75) is 75.2 Å². The highest BCUT2D eigenvalue weighted by molar-refractivity contribution is 7.75. The first kappa shape index (κ1) is 17.8. The molecule has 9 atom stereocenters. The van der Waals surface area contributed by atoms with Crippen LogP contribution < -0.4 is 0 Å². The molecule has 23 heavy (non-hydrogen) atoms. The largest absolute Gasteiger partial charge is 0.386 e. The van der Waals surface area contributed by atoms with Crippen molar-refractivity contribution in [3.63, 3.8) is 0 Å². The monoisotopic (exact) mass is 351 g/mol. The molecule has 0 aromatic rings. The fraction of sp³-hybridized carbons (Fsp3) is 1.00. The van der Waals surface area contributed by atoms with Crippen molar-refractivity contribution in [2.24, 2.45) is 0 Å². The van der Waals surface area contributed by atoms with Gasteiger partial charge in [0.15, 0.2) is 12.6 Å². The van der Waals surface area contributed by atoms with Gasteiger partial charge in [0.2, 0.25) is 5.79 Å². The Balaban J connectivity index is 1.72. The van der Waals surface area contributed by atoms with Crippen LogP contribution >= 0.6 is 12.9 Å². The molecule has 9 unspecified atom stereocenters. The molecule has 0 aromatic carbocycles. The summed E-state index contributed by atoms with van der Waals surface area (Å²) >= 11 is 3.75. The van der Waals surface area contributed by atoms with E-state index in [1.807, 2.05) is 32.8 Å². The number of hydrogen-bond acceptors (Lipinski definition) is 9. The standard InChI is InChI=1S/C14H25NO7S/c1-6-11(9(15(3)4)10(16)13(19-6)22-23)20-8-5-14(17)12(21-14)7(2)18-8/h6-13,16-17,23H,5H2,1-4H3. The van der Waals surface area contributed by atoms with Crippen LogP contribution in [0.3, 0.4) is 0 Å². The summed E-state index contributed by atoms with van der Waals surface area (Å²) in [5.41, 5.74) is 0. The van der Waals surface area contributed by atoms with Crippen LogP contribution in [0, 0.1) is 0 Å². The van der Waals surface area contributed by atoms with Gasteiger partial charge in [0.25, 0.3) is 0 Å². The Hall–Kier alpha value is 0.0300. The summed E-state index contributed by atoms with van der Waals surface area (Å²) in [5.74, 6) is -1.16. The molecule has 2 N–H and O–H groups in total. The van der Waals surface area contributed by atoms with Crippen molar-refractivity contribution in [3.05, 3.63) is 0 Å².